The Labute approximate surface area is 86.3 Å². The number of nitrogens with zero attached hydrogens (tertiary/aromatic N) is 2. The molecule has 2 heterocycles. The number of oxazole rings is 1. The van der Waals surface area contributed by atoms with Crippen LogP contribution in [0, 0.1) is 6.92 Å². The number of urea groups is 1. The van der Waals surface area contributed by atoms with Gasteiger partial charge in [-0.05, 0) is 13.8 Å². The first kappa shape index (κ1) is 9.70. The topological polar surface area (TPSA) is 75.4 Å². The quantitative estimate of drug-likeness (QED) is 0.723. The molecule has 0 aliphatic carbocycles. The van der Waals surface area contributed by atoms with E-state index in [0.29, 0.717) is 11.7 Å². The van der Waals surface area contributed by atoms with Crippen molar-refractivity contribution in [3.8, 4) is 0 Å². The summed E-state index contributed by atoms with van der Waals surface area (Å²) in [6, 6.07) is -0.864. The number of aryl methyl sites for hydroxylation is 1. The monoisotopic (exact) mass is 209 g/mol. The van der Waals surface area contributed by atoms with Crippen LogP contribution in [-0.4, -0.2) is 28.4 Å². The number of aromatic nitrogens is 1. The van der Waals surface area contributed by atoms with E-state index in [1.165, 1.54) is 0 Å². The molecule has 0 spiro atoms. The van der Waals surface area contributed by atoms with Crippen LogP contribution in [0.5, 0.6) is 0 Å². The number of imide groups is 1. The summed E-state index contributed by atoms with van der Waals surface area (Å²) in [6.45, 7) is 3.51. The fourth-order valence-corrected chi connectivity index (χ4v) is 1.50. The molecule has 1 aromatic heterocycles. The molecule has 1 atom stereocenters. The molecule has 0 radical (unpaired) electrons. The van der Waals surface area contributed by atoms with Crippen LogP contribution in [-0.2, 0) is 4.79 Å². The number of hydrogen-bond donors (Lipinski definition) is 1. The normalized spacial score (nSPS) is 18.1. The average molecular weight is 209 g/mol. The van der Waals surface area contributed by atoms with E-state index in [1.54, 1.807) is 20.0 Å². The maximum absolute atomic E-state index is 11.4. The standard InChI is InChI=1S/C9H11N3O3/c1-5-3-10-8(15-5)6(2)12-7(13)4-11-9(12)14/h3,6H,4H2,1-2H3,(H,11,14). The average Bonchev–Trinajstić information content (AvgIpc) is 2.73. The molecule has 1 N–H and O–H groups in total. The van der Waals surface area contributed by atoms with Crippen LogP contribution in [0.2, 0.25) is 0 Å². The molecule has 1 fully saturated rings. The zero-order chi connectivity index (χ0) is 11.0. The van der Waals surface area contributed by atoms with Crippen LogP contribution in [0.15, 0.2) is 10.6 Å². The highest BCUT2D eigenvalue weighted by atomic mass is 16.4. The summed E-state index contributed by atoms with van der Waals surface area (Å²) >= 11 is 0. The van der Waals surface area contributed by atoms with Gasteiger partial charge in [-0.3, -0.25) is 9.69 Å². The predicted octanol–water partition coefficient (Wildman–Crippen LogP) is 0.596. The summed E-state index contributed by atoms with van der Waals surface area (Å²) in [4.78, 5) is 27.8. The van der Waals surface area contributed by atoms with E-state index in [0.717, 1.165) is 4.90 Å². The fraction of sp³-hybridized carbons (Fsp3) is 0.444. The molecule has 2 rings (SSSR count). The lowest BCUT2D eigenvalue weighted by atomic mass is 10.3. The van der Waals surface area contributed by atoms with Gasteiger partial charge in [0.1, 0.15) is 11.8 Å². The second-order valence-electron chi connectivity index (χ2n) is 3.41. The van der Waals surface area contributed by atoms with Gasteiger partial charge in [0.05, 0.1) is 12.7 Å². The van der Waals surface area contributed by atoms with Crippen LogP contribution in [0.3, 0.4) is 0 Å². The summed E-state index contributed by atoms with van der Waals surface area (Å²) in [5.74, 6) is 0.769. The van der Waals surface area contributed by atoms with E-state index in [9.17, 15) is 9.59 Å². The van der Waals surface area contributed by atoms with Crippen molar-refractivity contribution in [2.24, 2.45) is 0 Å². The van der Waals surface area contributed by atoms with Crippen LogP contribution < -0.4 is 5.32 Å². The van der Waals surface area contributed by atoms with E-state index in [-0.39, 0.29) is 12.5 Å². The lowest BCUT2D eigenvalue weighted by molar-refractivity contribution is -0.126. The van der Waals surface area contributed by atoms with Gasteiger partial charge in [-0.2, -0.15) is 0 Å². The first-order valence-electron chi connectivity index (χ1n) is 4.62. The van der Waals surface area contributed by atoms with Gasteiger partial charge in [0.2, 0.25) is 5.89 Å². The van der Waals surface area contributed by atoms with E-state index < -0.39 is 12.1 Å². The van der Waals surface area contributed by atoms with Gasteiger partial charge < -0.3 is 9.73 Å². The minimum absolute atomic E-state index is 0.0445. The molecule has 0 aromatic carbocycles. The lowest BCUT2D eigenvalue weighted by Crippen LogP contribution is -2.33. The molecule has 1 aromatic rings. The number of carbonyl (C=O) groups is 2. The zero-order valence-electron chi connectivity index (χ0n) is 8.48. The molecule has 6 nitrogen and oxygen atoms in total. The summed E-state index contributed by atoms with van der Waals surface area (Å²) < 4.78 is 5.27. The first-order chi connectivity index (χ1) is 7.09. The molecule has 15 heavy (non-hydrogen) atoms. The predicted molar refractivity (Wildman–Crippen MR) is 49.9 cm³/mol. The second-order valence-corrected chi connectivity index (χ2v) is 3.41. The highest BCUT2D eigenvalue weighted by Gasteiger charge is 2.35. The Morgan fingerprint density at radius 2 is 2.33 bits per heavy atom. The minimum atomic E-state index is -0.464. The van der Waals surface area contributed by atoms with Crippen LogP contribution in [0.1, 0.15) is 24.6 Å². The minimum Gasteiger partial charge on any atom is -0.444 e. The third-order valence-electron chi connectivity index (χ3n) is 2.26. The van der Waals surface area contributed by atoms with Crippen molar-refractivity contribution in [2.75, 3.05) is 6.54 Å². The van der Waals surface area contributed by atoms with Gasteiger partial charge in [0, 0.05) is 0 Å². The van der Waals surface area contributed by atoms with Gasteiger partial charge in [-0.25, -0.2) is 9.78 Å². The largest absolute Gasteiger partial charge is 0.444 e. The van der Waals surface area contributed by atoms with E-state index >= 15 is 0 Å². The molecule has 0 bridgehead atoms. The van der Waals surface area contributed by atoms with Crippen molar-refractivity contribution >= 4 is 11.9 Å². The molecular weight excluding hydrogens is 198 g/mol. The Hall–Kier alpha value is -1.85. The number of nitrogens with one attached hydrogen (secondary N) is 1. The summed E-state index contributed by atoms with van der Waals surface area (Å²) in [5, 5.41) is 2.44. The Morgan fingerprint density at radius 1 is 1.60 bits per heavy atom. The summed E-state index contributed by atoms with van der Waals surface area (Å²) in [7, 11) is 0. The molecule has 1 unspecified atom stereocenters. The molecule has 0 saturated carbocycles. The van der Waals surface area contributed by atoms with Crippen LogP contribution in [0.25, 0.3) is 0 Å². The van der Waals surface area contributed by atoms with Gasteiger partial charge in [-0.1, -0.05) is 0 Å². The number of carbonyl (C=O) groups excluding carboxylic acids is 2. The third kappa shape index (κ3) is 1.58. The Bertz CT molecular complexity index is 396. The molecule has 80 valence electrons. The summed E-state index contributed by atoms with van der Waals surface area (Å²) in [6.07, 6.45) is 1.56. The zero-order valence-corrected chi connectivity index (χ0v) is 8.48. The lowest BCUT2D eigenvalue weighted by Gasteiger charge is -2.17. The van der Waals surface area contributed by atoms with Crippen molar-refractivity contribution < 1.29 is 14.0 Å². The second kappa shape index (κ2) is 3.38. The Balaban J connectivity index is 2.24. The maximum Gasteiger partial charge on any atom is 0.325 e. The third-order valence-corrected chi connectivity index (χ3v) is 2.26. The SMILES string of the molecule is Cc1cnc(C(C)N2C(=O)CNC2=O)o1. The fourth-order valence-electron chi connectivity index (χ4n) is 1.50. The van der Waals surface area contributed by atoms with Crippen molar-refractivity contribution in [1.82, 2.24) is 15.2 Å². The highest BCUT2D eigenvalue weighted by Crippen LogP contribution is 2.21. The van der Waals surface area contributed by atoms with E-state index in [1.807, 2.05) is 0 Å². The van der Waals surface area contributed by atoms with Gasteiger partial charge >= 0.3 is 6.03 Å². The maximum atomic E-state index is 11.4. The van der Waals surface area contributed by atoms with Crippen LogP contribution >= 0.6 is 0 Å². The van der Waals surface area contributed by atoms with Crippen molar-refractivity contribution in [2.45, 2.75) is 19.9 Å². The Kier molecular flexibility index (Phi) is 2.18. The smallest absolute Gasteiger partial charge is 0.325 e. The van der Waals surface area contributed by atoms with Gasteiger partial charge in [0.15, 0.2) is 0 Å². The van der Waals surface area contributed by atoms with Crippen molar-refractivity contribution in [3.05, 3.63) is 17.8 Å². The number of amides is 3. The molecule has 3 amide bonds. The molecular formula is C9H11N3O3. The highest BCUT2D eigenvalue weighted by molar-refractivity contribution is 6.02. The van der Waals surface area contributed by atoms with E-state index in [2.05, 4.69) is 10.3 Å². The first-order valence-corrected chi connectivity index (χ1v) is 4.62. The molecule has 1 saturated heterocycles. The van der Waals surface area contributed by atoms with Gasteiger partial charge in [0.25, 0.3) is 5.91 Å². The van der Waals surface area contributed by atoms with Crippen molar-refractivity contribution in [3.63, 3.8) is 0 Å². The Morgan fingerprint density at radius 3 is 2.80 bits per heavy atom. The molecule has 1 aliphatic heterocycles. The molecule has 1 aliphatic rings. The number of hydrogen-bond acceptors (Lipinski definition) is 4. The summed E-state index contributed by atoms with van der Waals surface area (Å²) in [5.41, 5.74) is 0. The van der Waals surface area contributed by atoms with E-state index in [4.69, 9.17) is 4.42 Å². The van der Waals surface area contributed by atoms with Crippen LogP contribution in [0.4, 0.5) is 4.79 Å². The number of rotatable bonds is 2. The van der Waals surface area contributed by atoms with Gasteiger partial charge in [-0.15, -0.1) is 0 Å². The van der Waals surface area contributed by atoms with Crippen molar-refractivity contribution in [1.29, 1.82) is 0 Å². The molecule has 6 heteroatoms.